The van der Waals surface area contributed by atoms with Gasteiger partial charge in [-0.2, -0.15) is 0 Å². The molecule has 3 atom stereocenters. The van der Waals surface area contributed by atoms with Crippen molar-refractivity contribution < 1.29 is 9.59 Å². The van der Waals surface area contributed by atoms with Crippen LogP contribution in [0.15, 0.2) is 24.3 Å². The van der Waals surface area contributed by atoms with Gasteiger partial charge in [0.15, 0.2) is 0 Å². The second-order valence-electron chi connectivity index (χ2n) is 6.58. The zero-order valence-corrected chi connectivity index (χ0v) is 15.5. The summed E-state index contributed by atoms with van der Waals surface area (Å²) in [5.74, 6) is 0.256. The van der Waals surface area contributed by atoms with Crippen molar-refractivity contribution in [2.24, 2.45) is 17.4 Å². The van der Waals surface area contributed by atoms with Gasteiger partial charge in [-0.05, 0) is 43.4 Å². The van der Waals surface area contributed by atoms with Gasteiger partial charge in [0.2, 0.25) is 5.91 Å². The molecule has 1 fully saturated rings. The van der Waals surface area contributed by atoms with Crippen LogP contribution in [-0.2, 0) is 4.79 Å². The van der Waals surface area contributed by atoms with E-state index in [1.54, 1.807) is 0 Å². The molecule has 1 saturated carbocycles. The Kier molecular flexibility index (Phi) is 8.72. The quantitative estimate of drug-likeness (QED) is 0.617. The van der Waals surface area contributed by atoms with E-state index in [1.807, 2.05) is 31.2 Å². The molecule has 3 unspecified atom stereocenters. The molecule has 0 spiro atoms. The molecular weight excluding hydrogens is 340 g/mol. The molecule has 0 saturated heterocycles. The standard InChI is InChI=1S/C18H28N4O2.ClH/c1-12-6-2-4-8-14(12)16(22-18(20)24)10-17(23)21-15-9-5-3-7-13(15)11-19;/h2,4,6,8,13,15-16H,3,5,7,9-11,19H2,1H3,(H,21,23)(H3,20,22,24);1H. The third kappa shape index (κ3) is 6.21. The lowest BCUT2D eigenvalue weighted by Crippen LogP contribution is -2.46. The molecule has 0 heterocycles. The highest BCUT2D eigenvalue weighted by Gasteiger charge is 2.27. The van der Waals surface area contributed by atoms with Gasteiger partial charge in [-0.25, -0.2) is 4.79 Å². The van der Waals surface area contributed by atoms with E-state index in [4.69, 9.17) is 11.5 Å². The maximum absolute atomic E-state index is 12.5. The molecule has 6 nitrogen and oxygen atoms in total. The third-order valence-electron chi connectivity index (χ3n) is 4.83. The molecular formula is C18H29ClN4O2. The molecule has 140 valence electrons. The molecule has 6 N–H and O–H groups in total. The van der Waals surface area contributed by atoms with Crippen LogP contribution in [0.25, 0.3) is 0 Å². The molecule has 25 heavy (non-hydrogen) atoms. The number of hydrogen-bond acceptors (Lipinski definition) is 3. The Bertz CT molecular complexity index is 582. The van der Waals surface area contributed by atoms with Crippen LogP contribution >= 0.6 is 12.4 Å². The van der Waals surface area contributed by atoms with Crippen LogP contribution < -0.4 is 22.1 Å². The molecule has 3 amide bonds. The number of nitrogens with two attached hydrogens (primary N) is 2. The second kappa shape index (κ2) is 10.3. The van der Waals surface area contributed by atoms with E-state index in [0.29, 0.717) is 12.5 Å². The van der Waals surface area contributed by atoms with Gasteiger partial charge < -0.3 is 22.1 Å². The molecule has 7 heteroatoms. The Balaban J connectivity index is 0.00000312. The van der Waals surface area contributed by atoms with Crippen molar-refractivity contribution in [2.75, 3.05) is 6.54 Å². The number of carbonyl (C=O) groups excluding carboxylic acids is 2. The van der Waals surface area contributed by atoms with Crippen molar-refractivity contribution in [3.63, 3.8) is 0 Å². The van der Waals surface area contributed by atoms with Gasteiger partial charge in [-0.3, -0.25) is 4.79 Å². The summed E-state index contributed by atoms with van der Waals surface area (Å²) in [5.41, 5.74) is 13.0. The van der Waals surface area contributed by atoms with Gasteiger partial charge in [0.05, 0.1) is 12.5 Å². The van der Waals surface area contributed by atoms with E-state index in [0.717, 1.165) is 30.4 Å². The summed E-state index contributed by atoms with van der Waals surface area (Å²) in [6, 6.07) is 6.75. The monoisotopic (exact) mass is 368 g/mol. The largest absolute Gasteiger partial charge is 0.353 e. The van der Waals surface area contributed by atoms with Gasteiger partial charge in [-0.15, -0.1) is 12.4 Å². The summed E-state index contributed by atoms with van der Waals surface area (Å²) in [7, 11) is 0. The molecule has 1 aliphatic carbocycles. The molecule has 0 aromatic heterocycles. The normalized spacial score (nSPS) is 20.9. The van der Waals surface area contributed by atoms with Crippen molar-refractivity contribution in [3.05, 3.63) is 35.4 Å². The lowest BCUT2D eigenvalue weighted by Gasteiger charge is -2.32. The third-order valence-corrected chi connectivity index (χ3v) is 4.83. The summed E-state index contributed by atoms with van der Waals surface area (Å²) in [6.07, 6.45) is 4.47. The second-order valence-corrected chi connectivity index (χ2v) is 6.58. The van der Waals surface area contributed by atoms with Gasteiger partial charge >= 0.3 is 6.03 Å². The lowest BCUT2D eigenvalue weighted by atomic mass is 9.84. The van der Waals surface area contributed by atoms with Crippen LogP contribution in [-0.4, -0.2) is 24.5 Å². The van der Waals surface area contributed by atoms with Crippen LogP contribution in [0.2, 0.25) is 0 Å². The minimum Gasteiger partial charge on any atom is -0.353 e. The number of carbonyl (C=O) groups is 2. The van der Waals surface area contributed by atoms with Crippen LogP contribution in [0, 0.1) is 12.8 Å². The summed E-state index contributed by atoms with van der Waals surface area (Å²) >= 11 is 0. The zero-order chi connectivity index (χ0) is 17.5. The molecule has 0 radical (unpaired) electrons. The van der Waals surface area contributed by atoms with Crippen molar-refractivity contribution >= 4 is 24.3 Å². The van der Waals surface area contributed by atoms with E-state index in [-0.39, 0.29) is 30.8 Å². The summed E-state index contributed by atoms with van der Waals surface area (Å²) in [6.45, 7) is 2.54. The Hall–Kier alpha value is -1.79. The van der Waals surface area contributed by atoms with Gasteiger partial charge in [0.1, 0.15) is 0 Å². The number of nitrogens with one attached hydrogen (secondary N) is 2. The molecule has 1 aromatic rings. The van der Waals surface area contributed by atoms with E-state index in [9.17, 15) is 9.59 Å². The van der Waals surface area contributed by atoms with Crippen LogP contribution in [0.3, 0.4) is 0 Å². The SMILES string of the molecule is Cc1ccccc1C(CC(=O)NC1CCCCC1CN)NC(N)=O.Cl. The predicted octanol–water partition coefficient (Wildman–Crippen LogP) is 2.15. The number of rotatable bonds is 6. The number of hydrogen-bond donors (Lipinski definition) is 4. The maximum Gasteiger partial charge on any atom is 0.312 e. The highest BCUT2D eigenvalue weighted by atomic mass is 35.5. The molecule has 2 rings (SSSR count). The first-order chi connectivity index (χ1) is 11.5. The van der Waals surface area contributed by atoms with Crippen LogP contribution in [0.5, 0.6) is 0 Å². The van der Waals surface area contributed by atoms with Crippen molar-refractivity contribution in [3.8, 4) is 0 Å². The fourth-order valence-electron chi connectivity index (χ4n) is 3.52. The van der Waals surface area contributed by atoms with E-state index >= 15 is 0 Å². The average molecular weight is 369 g/mol. The van der Waals surface area contributed by atoms with Gasteiger partial charge in [-0.1, -0.05) is 37.1 Å². The highest BCUT2D eigenvalue weighted by Crippen LogP contribution is 2.25. The summed E-state index contributed by atoms with van der Waals surface area (Å²) in [4.78, 5) is 23.8. The van der Waals surface area contributed by atoms with E-state index in [2.05, 4.69) is 10.6 Å². The molecule has 1 aliphatic rings. The van der Waals surface area contributed by atoms with Crippen LogP contribution in [0.1, 0.15) is 49.3 Å². The lowest BCUT2D eigenvalue weighted by molar-refractivity contribution is -0.122. The summed E-state index contributed by atoms with van der Waals surface area (Å²) in [5, 5.41) is 5.79. The van der Waals surface area contributed by atoms with Gasteiger partial charge in [0.25, 0.3) is 0 Å². The van der Waals surface area contributed by atoms with Crippen molar-refractivity contribution in [1.82, 2.24) is 10.6 Å². The Morgan fingerprint density at radius 3 is 2.56 bits per heavy atom. The number of halogens is 1. The minimum absolute atomic E-state index is 0. The topological polar surface area (TPSA) is 110 Å². The fraction of sp³-hybridized carbons (Fsp3) is 0.556. The fourth-order valence-corrected chi connectivity index (χ4v) is 3.52. The smallest absolute Gasteiger partial charge is 0.312 e. The maximum atomic E-state index is 12.5. The zero-order valence-electron chi connectivity index (χ0n) is 14.7. The van der Waals surface area contributed by atoms with Crippen molar-refractivity contribution in [1.29, 1.82) is 0 Å². The van der Waals surface area contributed by atoms with Crippen LogP contribution in [0.4, 0.5) is 4.79 Å². The summed E-state index contributed by atoms with van der Waals surface area (Å²) < 4.78 is 0. The first-order valence-electron chi connectivity index (χ1n) is 8.62. The first kappa shape index (κ1) is 21.3. The Morgan fingerprint density at radius 1 is 1.24 bits per heavy atom. The minimum atomic E-state index is -0.631. The molecule has 1 aromatic carbocycles. The number of amides is 3. The van der Waals surface area contributed by atoms with E-state index in [1.165, 1.54) is 6.42 Å². The Morgan fingerprint density at radius 2 is 1.92 bits per heavy atom. The highest BCUT2D eigenvalue weighted by molar-refractivity contribution is 5.85. The number of primary amides is 1. The predicted molar refractivity (Wildman–Crippen MR) is 101 cm³/mol. The average Bonchev–Trinajstić information content (AvgIpc) is 2.54. The van der Waals surface area contributed by atoms with Crippen molar-refractivity contribution in [2.45, 2.75) is 51.1 Å². The van der Waals surface area contributed by atoms with Gasteiger partial charge in [0, 0.05) is 6.04 Å². The first-order valence-corrected chi connectivity index (χ1v) is 8.62. The Labute approximate surface area is 155 Å². The molecule has 0 aliphatic heterocycles. The number of urea groups is 1. The number of benzene rings is 1. The van der Waals surface area contributed by atoms with E-state index < -0.39 is 12.1 Å². The number of aryl methyl sites for hydroxylation is 1. The molecule has 0 bridgehead atoms.